The quantitative estimate of drug-likeness (QED) is 0.770. The van der Waals surface area contributed by atoms with Crippen LogP contribution in [0.4, 0.5) is 0 Å². The Morgan fingerprint density at radius 2 is 2.27 bits per heavy atom. The lowest BCUT2D eigenvalue weighted by Crippen LogP contribution is -1.94. The third-order valence-electron chi connectivity index (χ3n) is 2.10. The molecule has 0 saturated heterocycles. The van der Waals surface area contributed by atoms with E-state index in [1.54, 1.807) is 6.07 Å². The van der Waals surface area contributed by atoms with Gasteiger partial charge < -0.3 is 9.47 Å². The van der Waals surface area contributed by atoms with Crippen LogP contribution in [0.15, 0.2) is 10.5 Å². The first-order chi connectivity index (χ1) is 7.27. The van der Waals surface area contributed by atoms with Gasteiger partial charge in [-0.1, -0.05) is 15.9 Å². The van der Waals surface area contributed by atoms with Gasteiger partial charge in [-0.25, -0.2) is 0 Å². The van der Waals surface area contributed by atoms with Crippen molar-refractivity contribution in [2.45, 2.75) is 6.42 Å². The highest BCUT2D eigenvalue weighted by atomic mass is 79.9. The van der Waals surface area contributed by atoms with Gasteiger partial charge in [0.05, 0.1) is 18.1 Å². The number of benzene rings is 1. The average molecular weight is 268 g/mol. The van der Waals surface area contributed by atoms with Gasteiger partial charge in [0.15, 0.2) is 17.8 Å². The van der Waals surface area contributed by atoms with Crippen LogP contribution in [-0.2, 0) is 6.42 Å². The van der Waals surface area contributed by atoms with Crippen molar-refractivity contribution in [2.75, 3.05) is 6.79 Å². The second kappa shape index (κ2) is 3.91. The summed E-state index contributed by atoms with van der Waals surface area (Å²) in [6.07, 6.45) is 0.917. The molecule has 1 aliphatic heterocycles. The largest absolute Gasteiger partial charge is 0.453 e. The van der Waals surface area contributed by atoms with Gasteiger partial charge in [0.25, 0.3) is 0 Å². The molecule has 0 amide bonds. The summed E-state index contributed by atoms with van der Waals surface area (Å²) in [5.74, 6) is 0.923. The molecule has 1 aromatic rings. The molecule has 0 fully saturated rings. The maximum absolute atomic E-state index is 10.8. The van der Waals surface area contributed by atoms with E-state index in [0.717, 1.165) is 5.56 Å². The Morgan fingerprint density at radius 1 is 1.53 bits per heavy atom. The number of hydrogen-bond acceptors (Lipinski definition) is 4. The van der Waals surface area contributed by atoms with Crippen LogP contribution in [0.2, 0.25) is 0 Å². The Labute approximate surface area is 94.5 Å². The first-order valence-corrected chi connectivity index (χ1v) is 5.00. The van der Waals surface area contributed by atoms with Gasteiger partial charge in [0.1, 0.15) is 0 Å². The zero-order chi connectivity index (χ0) is 10.8. The fraction of sp³-hybridized carbons (Fsp3) is 0.200. The lowest BCUT2D eigenvalue weighted by molar-refractivity contribution is 0.111. The number of carbonyl (C=O) groups is 1. The molecule has 0 saturated carbocycles. The normalized spacial score (nSPS) is 12.3. The number of nitriles is 1. The Bertz CT molecular complexity index is 465. The molecule has 0 N–H and O–H groups in total. The van der Waals surface area contributed by atoms with Crippen LogP contribution < -0.4 is 9.47 Å². The molecule has 1 heterocycles. The average Bonchev–Trinajstić information content (AvgIpc) is 2.70. The Balaban J connectivity index is 2.64. The van der Waals surface area contributed by atoms with Crippen molar-refractivity contribution in [3.8, 4) is 17.6 Å². The van der Waals surface area contributed by atoms with Crippen molar-refractivity contribution in [3.05, 3.63) is 21.7 Å². The Morgan fingerprint density at radius 3 is 2.93 bits per heavy atom. The fourth-order valence-corrected chi connectivity index (χ4v) is 2.01. The molecule has 1 aromatic carbocycles. The maximum Gasteiger partial charge on any atom is 0.231 e. The summed E-state index contributed by atoms with van der Waals surface area (Å²) in [6, 6.07) is 3.67. The number of fused-ring (bicyclic) bond motifs is 1. The van der Waals surface area contributed by atoms with E-state index in [-0.39, 0.29) is 13.2 Å². The van der Waals surface area contributed by atoms with Crippen molar-refractivity contribution in [1.29, 1.82) is 5.26 Å². The van der Waals surface area contributed by atoms with E-state index in [1.165, 1.54) is 0 Å². The maximum atomic E-state index is 10.8. The van der Waals surface area contributed by atoms with Crippen molar-refractivity contribution in [3.63, 3.8) is 0 Å². The second-order valence-corrected chi connectivity index (χ2v) is 3.80. The smallest absolute Gasteiger partial charge is 0.231 e. The molecule has 15 heavy (non-hydrogen) atoms. The summed E-state index contributed by atoms with van der Waals surface area (Å²) in [5.41, 5.74) is 1.15. The van der Waals surface area contributed by atoms with Crippen molar-refractivity contribution in [1.82, 2.24) is 0 Å². The van der Waals surface area contributed by atoms with E-state index in [9.17, 15) is 4.79 Å². The SMILES string of the molecule is N#CCc1c(Br)cc(C=O)c2c1OCO2. The first-order valence-electron chi connectivity index (χ1n) is 4.21. The summed E-state index contributed by atoms with van der Waals surface area (Å²) in [7, 11) is 0. The van der Waals surface area contributed by atoms with E-state index >= 15 is 0 Å². The minimum absolute atomic E-state index is 0.0883. The van der Waals surface area contributed by atoms with Crippen molar-refractivity contribution < 1.29 is 14.3 Å². The van der Waals surface area contributed by atoms with Crippen molar-refractivity contribution in [2.24, 2.45) is 0 Å². The van der Waals surface area contributed by atoms with Crippen LogP contribution >= 0.6 is 15.9 Å². The third kappa shape index (κ3) is 1.57. The number of hydrogen-bond donors (Lipinski definition) is 0. The molecule has 1 aliphatic rings. The highest BCUT2D eigenvalue weighted by Crippen LogP contribution is 2.42. The fourth-order valence-electron chi connectivity index (χ4n) is 1.45. The summed E-state index contributed by atoms with van der Waals surface area (Å²) in [6.45, 7) is 0.0883. The number of carbonyl (C=O) groups excluding carboxylic acids is 1. The number of halogens is 1. The summed E-state index contributed by atoms with van der Waals surface area (Å²) < 4.78 is 11.1. The number of rotatable bonds is 2. The zero-order valence-corrected chi connectivity index (χ0v) is 9.20. The predicted molar refractivity (Wildman–Crippen MR) is 55.0 cm³/mol. The first kappa shape index (κ1) is 9.99. The zero-order valence-electron chi connectivity index (χ0n) is 7.62. The van der Waals surface area contributed by atoms with Gasteiger partial charge in [-0.2, -0.15) is 5.26 Å². The highest BCUT2D eigenvalue weighted by Gasteiger charge is 2.23. The number of ether oxygens (including phenoxy) is 2. The van der Waals surface area contributed by atoms with Gasteiger partial charge in [0.2, 0.25) is 6.79 Å². The molecule has 0 atom stereocenters. The van der Waals surface area contributed by atoms with Gasteiger partial charge >= 0.3 is 0 Å². The van der Waals surface area contributed by atoms with Crippen LogP contribution in [-0.4, -0.2) is 13.1 Å². The molecule has 2 rings (SSSR count). The molecule has 0 radical (unpaired) electrons. The highest BCUT2D eigenvalue weighted by molar-refractivity contribution is 9.10. The van der Waals surface area contributed by atoms with Gasteiger partial charge in [-0.15, -0.1) is 0 Å². The van der Waals surface area contributed by atoms with Crippen LogP contribution in [0, 0.1) is 11.3 Å². The van der Waals surface area contributed by atoms with Gasteiger partial charge in [0, 0.05) is 10.0 Å². The summed E-state index contributed by atoms with van der Waals surface area (Å²) in [4.78, 5) is 10.8. The van der Waals surface area contributed by atoms with E-state index < -0.39 is 0 Å². The second-order valence-electron chi connectivity index (χ2n) is 2.94. The molecule has 4 nitrogen and oxygen atoms in total. The minimum Gasteiger partial charge on any atom is -0.453 e. The van der Waals surface area contributed by atoms with Gasteiger partial charge in [-0.05, 0) is 6.07 Å². The molecular formula is C10H6BrNO3. The Hall–Kier alpha value is -1.54. The van der Waals surface area contributed by atoms with Crippen LogP contribution in [0.5, 0.6) is 11.5 Å². The van der Waals surface area contributed by atoms with E-state index in [4.69, 9.17) is 14.7 Å². The molecule has 76 valence electrons. The monoisotopic (exact) mass is 267 g/mol. The van der Waals surface area contributed by atoms with Crippen LogP contribution in [0.3, 0.4) is 0 Å². The molecule has 0 aromatic heterocycles. The topological polar surface area (TPSA) is 59.3 Å². The van der Waals surface area contributed by atoms with E-state index in [2.05, 4.69) is 15.9 Å². The molecule has 0 unspecified atom stereocenters. The molecular weight excluding hydrogens is 262 g/mol. The number of nitrogens with zero attached hydrogens (tertiary/aromatic N) is 1. The molecule has 0 aliphatic carbocycles. The summed E-state index contributed by atoms with van der Waals surface area (Å²) >= 11 is 3.30. The minimum atomic E-state index is 0.0883. The van der Waals surface area contributed by atoms with E-state index in [1.807, 2.05) is 6.07 Å². The van der Waals surface area contributed by atoms with Crippen molar-refractivity contribution >= 4 is 22.2 Å². The molecule has 5 heteroatoms. The molecule has 0 spiro atoms. The van der Waals surface area contributed by atoms with Crippen LogP contribution in [0.1, 0.15) is 15.9 Å². The third-order valence-corrected chi connectivity index (χ3v) is 2.81. The molecule has 0 bridgehead atoms. The number of aldehydes is 1. The lowest BCUT2D eigenvalue weighted by atomic mass is 10.1. The summed E-state index contributed by atoms with van der Waals surface area (Å²) in [5, 5.41) is 8.67. The lowest BCUT2D eigenvalue weighted by Gasteiger charge is -2.06. The Kier molecular flexibility index (Phi) is 2.60. The van der Waals surface area contributed by atoms with E-state index in [0.29, 0.717) is 27.8 Å². The predicted octanol–water partition coefficient (Wildman–Crippen LogP) is 2.06. The van der Waals surface area contributed by atoms with Crippen LogP contribution in [0.25, 0.3) is 0 Å². The van der Waals surface area contributed by atoms with Gasteiger partial charge in [-0.3, -0.25) is 4.79 Å². The standard InChI is InChI=1S/C10H6BrNO3/c11-8-3-6(4-13)9-10(15-5-14-9)7(8)1-2-12/h3-4H,1,5H2.